The van der Waals surface area contributed by atoms with E-state index in [0.717, 1.165) is 16.9 Å². The summed E-state index contributed by atoms with van der Waals surface area (Å²) in [5, 5.41) is 2.68. The fourth-order valence-electron chi connectivity index (χ4n) is 3.36. The molecule has 6 heteroatoms. The number of carbonyl (C=O) groups excluding carboxylic acids is 2. The first kappa shape index (κ1) is 19.7. The molecular weight excluding hydrogens is 356 g/mol. The van der Waals surface area contributed by atoms with Gasteiger partial charge < -0.3 is 19.7 Å². The van der Waals surface area contributed by atoms with E-state index < -0.39 is 6.04 Å². The van der Waals surface area contributed by atoms with E-state index in [9.17, 15) is 9.59 Å². The van der Waals surface area contributed by atoms with Crippen LogP contribution in [-0.2, 0) is 22.6 Å². The highest BCUT2D eigenvalue weighted by atomic mass is 16.7. The lowest BCUT2D eigenvalue weighted by Gasteiger charge is -2.30. The quantitative estimate of drug-likeness (QED) is 0.762. The molecule has 0 aliphatic carbocycles. The molecule has 0 fully saturated rings. The third-order valence-electron chi connectivity index (χ3n) is 4.89. The molecule has 1 atom stereocenters. The van der Waals surface area contributed by atoms with Crippen LogP contribution in [0.5, 0.6) is 11.5 Å². The lowest BCUT2D eigenvalue weighted by Crippen LogP contribution is -2.48. The van der Waals surface area contributed by atoms with Gasteiger partial charge >= 0.3 is 0 Å². The summed E-state index contributed by atoms with van der Waals surface area (Å²) in [4.78, 5) is 27.1. The maximum Gasteiger partial charge on any atom is 0.242 e. The first-order valence-corrected chi connectivity index (χ1v) is 9.56. The largest absolute Gasteiger partial charge is 0.454 e. The zero-order valence-electron chi connectivity index (χ0n) is 16.3. The lowest BCUT2D eigenvalue weighted by atomic mass is 10.1. The Balaban J connectivity index is 1.72. The molecule has 2 amide bonds. The fourth-order valence-corrected chi connectivity index (χ4v) is 3.36. The van der Waals surface area contributed by atoms with E-state index in [2.05, 4.69) is 5.32 Å². The summed E-state index contributed by atoms with van der Waals surface area (Å²) in [5.41, 5.74) is 2.01. The number of nitrogens with one attached hydrogen (secondary N) is 1. The number of rotatable bonds is 8. The summed E-state index contributed by atoms with van der Waals surface area (Å²) >= 11 is 0. The number of hydrogen-bond donors (Lipinski definition) is 1. The van der Waals surface area contributed by atoms with Crippen molar-refractivity contribution in [3.8, 4) is 11.5 Å². The van der Waals surface area contributed by atoms with Crippen LogP contribution in [0.4, 0.5) is 0 Å². The maximum atomic E-state index is 13.1. The van der Waals surface area contributed by atoms with E-state index in [4.69, 9.17) is 9.47 Å². The average molecular weight is 382 g/mol. The first-order chi connectivity index (χ1) is 13.6. The highest BCUT2D eigenvalue weighted by molar-refractivity contribution is 5.87. The first-order valence-electron chi connectivity index (χ1n) is 9.56. The number of fused-ring (bicyclic) bond motifs is 1. The van der Waals surface area contributed by atoms with E-state index in [1.807, 2.05) is 55.5 Å². The van der Waals surface area contributed by atoms with Gasteiger partial charge in [-0.05, 0) is 36.1 Å². The summed E-state index contributed by atoms with van der Waals surface area (Å²) in [6.07, 6.45) is 1.45. The van der Waals surface area contributed by atoms with Crippen molar-refractivity contribution in [2.24, 2.45) is 0 Å². The number of likely N-dealkylation sites (N-methyl/N-ethyl adjacent to an activating group) is 1. The third-order valence-corrected chi connectivity index (χ3v) is 4.89. The second-order valence-electron chi connectivity index (χ2n) is 6.73. The molecular formula is C22H26N2O4. The minimum absolute atomic E-state index is 0.0445. The van der Waals surface area contributed by atoms with Crippen LogP contribution in [0.2, 0.25) is 0 Å². The molecule has 1 heterocycles. The number of benzene rings is 2. The van der Waals surface area contributed by atoms with Crippen LogP contribution in [0.3, 0.4) is 0 Å². The Hall–Kier alpha value is -3.02. The van der Waals surface area contributed by atoms with E-state index in [-0.39, 0.29) is 18.6 Å². The Bertz CT molecular complexity index is 823. The summed E-state index contributed by atoms with van der Waals surface area (Å²) < 4.78 is 10.7. The van der Waals surface area contributed by atoms with Crippen molar-refractivity contribution in [3.63, 3.8) is 0 Å². The van der Waals surface area contributed by atoms with Crippen molar-refractivity contribution in [3.05, 3.63) is 59.7 Å². The number of carbonyl (C=O) groups is 2. The third kappa shape index (κ3) is 4.63. The van der Waals surface area contributed by atoms with Crippen LogP contribution in [0.25, 0.3) is 0 Å². The molecule has 148 valence electrons. The highest BCUT2D eigenvalue weighted by Gasteiger charge is 2.27. The predicted octanol–water partition coefficient (Wildman–Crippen LogP) is 2.90. The van der Waals surface area contributed by atoms with Crippen LogP contribution in [0, 0.1) is 0 Å². The second-order valence-corrected chi connectivity index (χ2v) is 6.73. The molecule has 28 heavy (non-hydrogen) atoms. The Morgan fingerprint density at radius 2 is 1.82 bits per heavy atom. The SMILES string of the molecule is CC[C@@H](C(=O)NC)N(Cc1ccccc1)C(=O)CCc1ccc2c(c1)OCO2. The van der Waals surface area contributed by atoms with Crippen molar-refractivity contribution in [1.82, 2.24) is 10.2 Å². The molecule has 1 aliphatic rings. The molecule has 0 saturated carbocycles. The van der Waals surface area contributed by atoms with Crippen molar-refractivity contribution < 1.29 is 19.1 Å². The Labute approximate surface area is 165 Å². The van der Waals surface area contributed by atoms with Crippen molar-refractivity contribution in [1.29, 1.82) is 0 Å². The Kier molecular flexibility index (Phi) is 6.53. The van der Waals surface area contributed by atoms with Gasteiger partial charge in [0.25, 0.3) is 0 Å². The standard InChI is InChI=1S/C22H26N2O4/c1-3-18(22(26)23-2)24(14-17-7-5-4-6-8-17)21(25)12-10-16-9-11-19-20(13-16)28-15-27-19/h4-9,11,13,18H,3,10,12,14-15H2,1-2H3,(H,23,26)/t18-/m0/s1. The zero-order valence-corrected chi connectivity index (χ0v) is 16.3. The van der Waals surface area contributed by atoms with Gasteiger partial charge in [0.2, 0.25) is 18.6 Å². The predicted molar refractivity (Wildman–Crippen MR) is 106 cm³/mol. The van der Waals surface area contributed by atoms with Crippen molar-refractivity contribution >= 4 is 11.8 Å². The van der Waals surface area contributed by atoms with E-state index in [1.54, 1.807) is 11.9 Å². The van der Waals surface area contributed by atoms with E-state index >= 15 is 0 Å². The van der Waals surface area contributed by atoms with Gasteiger partial charge in [0, 0.05) is 20.0 Å². The second kappa shape index (κ2) is 9.26. The van der Waals surface area contributed by atoms with Crippen molar-refractivity contribution in [2.75, 3.05) is 13.8 Å². The van der Waals surface area contributed by atoms with Gasteiger partial charge in [-0.2, -0.15) is 0 Å². The number of ether oxygens (including phenoxy) is 2. The molecule has 2 aromatic rings. The van der Waals surface area contributed by atoms with Crippen LogP contribution in [0.1, 0.15) is 30.9 Å². The van der Waals surface area contributed by atoms with E-state index in [0.29, 0.717) is 31.6 Å². The molecule has 1 N–H and O–H groups in total. The van der Waals surface area contributed by atoms with Gasteiger partial charge in [-0.1, -0.05) is 43.3 Å². The smallest absolute Gasteiger partial charge is 0.242 e. The molecule has 3 rings (SSSR count). The molecule has 2 aromatic carbocycles. The zero-order chi connectivity index (χ0) is 19.9. The summed E-state index contributed by atoms with van der Waals surface area (Å²) in [5.74, 6) is 1.25. The lowest BCUT2D eigenvalue weighted by molar-refractivity contribution is -0.141. The number of amides is 2. The molecule has 0 saturated heterocycles. The van der Waals surface area contributed by atoms with E-state index in [1.165, 1.54) is 0 Å². The fraction of sp³-hybridized carbons (Fsp3) is 0.364. The molecule has 1 aliphatic heterocycles. The van der Waals surface area contributed by atoms with Gasteiger partial charge in [0.05, 0.1) is 0 Å². The minimum Gasteiger partial charge on any atom is -0.454 e. The Morgan fingerprint density at radius 3 is 2.54 bits per heavy atom. The molecule has 0 spiro atoms. The minimum atomic E-state index is -0.491. The maximum absolute atomic E-state index is 13.1. The molecule has 0 radical (unpaired) electrons. The van der Waals surface area contributed by atoms with Gasteiger partial charge in [-0.25, -0.2) is 0 Å². The van der Waals surface area contributed by atoms with Crippen LogP contribution in [-0.4, -0.2) is 36.6 Å². The normalized spacial score (nSPS) is 13.1. The number of aryl methyl sites for hydroxylation is 1. The van der Waals surface area contributed by atoms with Crippen LogP contribution < -0.4 is 14.8 Å². The summed E-state index contributed by atoms with van der Waals surface area (Å²) in [6, 6.07) is 15.0. The topological polar surface area (TPSA) is 67.9 Å². The summed E-state index contributed by atoms with van der Waals surface area (Å²) in [6.45, 7) is 2.56. The van der Waals surface area contributed by atoms with Gasteiger partial charge in [0.1, 0.15) is 6.04 Å². The van der Waals surface area contributed by atoms with Crippen LogP contribution in [0.15, 0.2) is 48.5 Å². The highest BCUT2D eigenvalue weighted by Crippen LogP contribution is 2.32. The number of nitrogens with zero attached hydrogens (tertiary/aromatic N) is 1. The molecule has 0 aromatic heterocycles. The molecule has 0 unspecified atom stereocenters. The van der Waals surface area contributed by atoms with Gasteiger partial charge in [-0.3, -0.25) is 9.59 Å². The molecule has 6 nitrogen and oxygen atoms in total. The summed E-state index contributed by atoms with van der Waals surface area (Å²) in [7, 11) is 1.60. The number of hydrogen-bond acceptors (Lipinski definition) is 4. The van der Waals surface area contributed by atoms with Gasteiger partial charge in [0.15, 0.2) is 11.5 Å². The monoisotopic (exact) mass is 382 g/mol. The van der Waals surface area contributed by atoms with Gasteiger partial charge in [-0.15, -0.1) is 0 Å². The Morgan fingerprint density at radius 1 is 1.07 bits per heavy atom. The van der Waals surface area contributed by atoms with Crippen LogP contribution >= 0.6 is 0 Å². The average Bonchev–Trinajstić information content (AvgIpc) is 3.20. The molecule has 0 bridgehead atoms. The van der Waals surface area contributed by atoms with Crippen molar-refractivity contribution in [2.45, 2.75) is 38.8 Å².